The zero-order valence-electron chi connectivity index (χ0n) is 13.7. The molecule has 1 aliphatic carbocycles. The van der Waals surface area contributed by atoms with Crippen LogP contribution in [0.15, 0.2) is 24.3 Å². The molecule has 0 saturated heterocycles. The van der Waals surface area contributed by atoms with Gasteiger partial charge in [0.15, 0.2) is 0 Å². The highest BCUT2D eigenvalue weighted by Gasteiger charge is 2.30. The molecular formula is C18H28FNO2. The fourth-order valence-corrected chi connectivity index (χ4v) is 3.04. The van der Waals surface area contributed by atoms with Gasteiger partial charge in [0.25, 0.3) is 0 Å². The van der Waals surface area contributed by atoms with Gasteiger partial charge in [0.05, 0.1) is 12.7 Å². The van der Waals surface area contributed by atoms with Crippen LogP contribution in [0.5, 0.6) is 5.75 Å². The van der Waals surface area contributed by atoms with Crippen molar-refractivity contribution in [3.05, 3.63) is 29.8 Å². The summed E-state index contributed by atoms with van der Waals surface area (Å²) in [6, 6.07) is 7.99. The Labute approximate surface area is 133 Å². The molecule has 0 amide bonds. The first-order valence-corrected chi connectivity index (χ1v) is 8.18. The largest absolute Gasteiger partial charge is 0.493 e. The molecule has 0 aliphatic heterocycles. The minimum atomic E-state index is -0.982. The molecule has 1 unspecified atom stereocenters. The summed E-state index contributed by atoms with van der Waals surface area (Å²) in [4.78, 5) is 0. The maximum atomic E-state index is 13.8. The second kappa shape index (κ2) is 7.93. The van der Waals surface area contributed by atoms with E-state index in [2.05, 4.69) is 0 Å². The summed E-state index contributed by atoms with van der Waals surface area (Å²) in [5, 5.41) is 0. The maximum Gasteiger partial charge on any atom is 0.119 e. The summed E-state index contributed by atoms with van der Waals surface area (Å²) < 4.78 is 25.2. The van der Waals surface area contributed by atoms with Crippen LogP contribution in [0.1, 0.15) is 50.7 Å². The Morgan fingerprint density at radius 2 is 2.09 bits per heavy atom. The van der Waals surface area contributed by atoms with E-state index in [0.717, 1.165) is 30.6 Å². The lowest BCUT2D eigenvalue weighted by Crippen LogP contribution is -2.28. The van der Waals surface area contributed by atoms with E-state index in [1.807, 2.05) is 24.3 Å². The van der Waals surface area contributed by atoms with Gasteiger partial charge in [-0.2, -0.15) is 0 Å². The third-order valence-electron chi connectivity index (χ3n) is 4.58. The molecule has 0 aromatic heterocycles. The predicted octanol–water partition coefficient (Wildman–Crippen LogP) is 4.02. The van der Waals surface area contributed by atoms with Crippen LogP contribution in [0, 0.1) is 5.92 Å². The second-order valence-electron chi connectivity index (χ2n) is 6.54. The fraction of sp³-hybridized carbons (Fsp3) is 0.667. The minimum Gasteiger partial charge on any atom is -0.493 e. The van der Waals surface area contributed by atoms with Crippen LogP contribution in [0.4, 0.5) is 4.39 Å². The topological polar surface area (TPSA) is 44.5 Å². The van der Waals surface area contributed by atoms with Crippen LogP contribution in [0.25, 0.3) is 0 Å². The first kappa shape index (κ1) is 17.2. The molecule has 1 aromatic rings. The Balaban J connectivity index is 1.88. The molecule has 22 heavy (non-hydrogen) atoms. The minimum absolute atomic E-state index is 0.00970. The van der Waals surface area contributed by atoms with Crippen molar-refractivity contribution >= 4 is 0 Å². The summed E-state index contributed by atoms with van der Waals surface area (Å²) >= 11 is 0. The number of halogens is 1. The van der Waals surface area contributed by atoms with Gasteiger partial charge < -0.3 is 15.2 Å². The average molecular weight is 309 g/mol. The molecular weight excluding hydrogens is 281 g/mol. The van der Waals surface area contributed by atoms with Crippen LogP contribution in [-0.4, -0.2) is 25.9 Å². The molecule has 4 heteroatoms. The van der Waals surface area contributed by atoms with Gasteiger partial charge in [0, 0.05) is 7.11 Å². The number of nitrogens with two attached hydrogens (primary N) is 1. The molecule has 0 heterocycles. The maximum absolute atomic E-state index is 13.8. The number of methoxy groups -OCH3 is 1. The monoisotopic (exact) mass is 309 g/mol. The predicted molar refractivity (Wildman–Crippen MR) is 86.8 cm³/mol. The van der Waals surface area contributed by atoms with Crippen LogP contribution in [0.2, 0.25) is 0 Å². The molecule has 1 atom stereocenters. The smallest absolute Gasteiger partial charge is 0.119 e. The normalized spacial score (nSPS) is 26.6. The van der Waals surface area contributed by atoms with Crippen molar-refractivity contribution in [2.75, 3.05) is 20.3 Å². The second-order valence-corrected chi connectivity index (χ2v) is 6.54. The molecule has 2 rings (SSSR count). The molecule has 1 saturated carbocycles. The summed E-state index contributed by atoms with van der Waals surface area (Å²) in [6.45, 7) is 2.96. The number of hydrogen-bond donors (Lipinski definition) is 1. The zero-order chi connectivity index (χ0) is 16.0. The van der Waals surface area contributed by atoms with E-state index in [1.165, 1.54) is 0 Å². The van der Waals surface area contributed by atoms with Gasteiger partial charge in [-0.25, -0.2) is 4.39 Å². The van der Waals surface area contributed by atoms with E-state index < -0.39 is 5.67 Å². The van der Waals surface area contributed by atoms with Crippen molar-refractivity contribution in [1.82, 2.24) is 0 Å². The first-order chi connectivity index (χ1) is 10.5. The Hall–Kier alpha value is -1.13. The number of hydrogen-bond acceptors (Lipinski definition) is 3. The van der Waals surface area contributed by atoms with Gasteiger partial charge in [-0.1, -0.05) is 12.1 Å². The van der Waals surface area contributed by atoms with Gasteiger partial charge >= 0.3 is 0 Å². The Bertz CT molecular complexity index is 454. The van der Waals surface area contributed by atoms with Crippen molar-refractivity contribution in [3.8, 4) is 5.75 Å². The molecule has 1 aliphatic rings. The van der Waals surface area contributed by atoms with Gasteiger partial charge in [-0.05, 0) is 69.2 Å². The van der Waals surface area contributed by atoms with Crippen molar-refractivity contribution in [3.63, 3.8) is 0 Å². The van der Waals surface area contributed by atoms with Crippen LogP contribution in [0.3, 0.4) is 0 Å². The van der Waals surface area contributed by atoms with Gasteiger partial charge in [-0.15, -0.1) is 0 Å². The standard InChI is InChI=1S/C18H28FNO2/c1-18(19)9-6-14(7-10-18)13-22-16-5-3-4-15(12-16)17(21-2)8-11-20/h3-5,12,14,17H,6-11,13,20H2,1-2H3. The summed E-state index contributed by atoms with van der Waals surface area (Å²) in [5.74, 6) is 1.31. The van der Waals surface area contributed by atoms with E-state index in [1.54, 1.807) is 14.0 Å². The van der Waals surface area contributed by atoms with Gasteiger partial charge in [0.1, 0.15) is 11.4 Å². The highest BCUT2D eigenvalue weighted by atomic mass is 19.1. The lowest BCUT2D eigenvalue weighted by Gasteiger charge is -2.30. The SMILES string of the molecule is COC(CCN)c1cccc(OCC2CCC(C)(F)CC2)c1. The Morgan fingerprint density at radius 1 is 1.36 bits per heavy atom. The quantitative estimate of drug-likeness (QED) is 0.827. The molecule has 0 spiro atoms. The molecule has 3 nitrogen and oxygen atoms in total. The van der Waals surface area contributed by atoms with E-state index in [0.29, 0.717) is 31.9 Å². The Kier molecular flexibility index (Phi) is 6.21. The van der Waals surface area contributed by atoms with Crippen molar-refractivity contribution < 1.29 is 13.9 Å². The number of benzene rings is 1. The first-order valence-electron chi connectivity index (χ1n) is 8.18. The highest BCUT2D eigenvalue weighted by molar-refractivity contribution is 5.30. The molecule has 1 fully saturated rings. The van der Waals surface area contributed by atoms with Crippen molar-refractivity contribution in [1.29, 1.82) is 0 Å². The lowest BCUT2D eigenvalue weighted by atomic mass is 9.81. The third kappa shape index (κ3) is 4.96. The fourth-order valence-electron chi connectivity index (χ4n) is 3.04. The van der Waals surface area contributed by atoms with E-state index in [-0.39, 0.29) is 6.10 Å². The molecule has 2 N–H and O–H groups in total. The van der Waals surface area contributed by atoms with Gasteiger partial charge in [-0.3, -0.25) is 0 Å². The molecule has 124 valence electrons. The summed E-state index contributed by atoms with van der Waals surface area (Å²) in [6.07, 6.45) is 3.89. The van der Waals surface area contributed by atoms with E-state index >= 15 is 0 Å². The molecule has 0 bridgehead atoms. The third-order valence-corrected chi connectivity index (χ3v) is 4.58. The summed E-state index contributed by atoms with van der Waals surface area (Å²) in [5.41, 5.74) is 5.72. The zero-order valence-corrected chi connectivity index (χ0v) is 13.7. The van der Waals surface area contributed by atoms with Crippen LogP contribution in [-0.2, 0) is 4.74 Å². The van der Waals surface area contributed by atoms with Crippen molar-refractivity contribution in [2.45, 2.75) is 50.8 Å². The Morgan fingerprint density at radius 3 is 2.73 bits per heavy atom. The van der Waals surface area contributed by atoms with E-state index in [4.69, 9.17) is 15.2 Å². The number of rotatable bonds is 7. The number of ether oxygens (including phenoxy) is 2. The number of alkyl halides is 1. The lowest BCUT2D eigenvalue weighted by molar-refractivity contribution is 0.0840. The molecule has 0 radical (unpaired) electrons. The van der Waals surface area contributed by atoms with Crippen molar-refractivity contribution in [2.24, 2.45) is 11.7 Å². The van der Waals surface area contributed by atoms with E-state index in [9.17, 15) is 4.39 Å². The molecule has 1 aromatic carbocycles. The average Bonchev–Trinajstić information content (AvgIpc) is 2.52. The van der Waals surface area contributed by atoms with Crippen LogP contribution >= 0.6 is 0 Å². The van der Waals surface area contributed by atoms with Gasteiger partial charge in [0.2, 0.25) is 0 Å². The summed E-state index contributed by atoms with van der Waals surface area (Å²) in [7, 11) is 1.70. The highest BCUT2D eigenvalue weighted by Crippen LogP contribution is 2.35. The van der Waals surface area contributed by atoms with Crippen LogP contribution < -0.4 is 10.5 Å².